The maximum Gasteiger partial charge on any atom is 0.224 e. The maximum atomic E-state index is 11.9. The third-order valence-corrected chi connectivity index (χ3v) is 3.33. The molecule has 2 aromatic rings. The Hall–Kier alpha value is -2.36. The molecule has 0 saturated heterocycles. The van der Waals surface area contributed by atoms with E-state index in [1.165, 1.54) is 0 Å². The van der Waals surface area contributed by atoms with Crippen molar-refractivity contribution in [1.82, 2.24) is 0 Å². The monoisotopic (exact) mass is 285 g/mol. The van der Waals surface area contributed by atoms with Crippen LogP contribution in [-0.4, -0.2) is 11.0 Å². The molecule has 4 heteroatoms. The summed E-state index contributed by atoms with van der Waals surface area (Å²) in [6.07, 6.45) is 6.38. The van der Waals surface area contributed by atoms with Gasteiger partial charge in [0, 0.05) is 30.7 Å². The molecule has 110 valence electrons. The van der Waals surface area contributed by atoms with Crippen LogP contribution in [0, 0.1) is 6.92 Å². The van der Waals surface area contributed by atoms with E-state index in [1.807, 2.05) is 37.5 Å². The molecule has 0 radical (unpaired) electrons. The van der Waals surface area contributed by atoms with E-state index in [-0.39, 0.29) is 11.7 Å². The number of rotatable bonds is 6. The molecule has 0 unspecified atom stereocenters. The predicted octanol–water partition coefficient (Wildman–Crippen LogP) is 2.80. The van der Waals surface area contributed by atoms with Gasteiger partial charge in [-0.05, 0) is 37.1 Å². The van der Waals surface area contributed by atoms with E-state index >= 15 is 0 Å². The number of phenols is 1. The normalized spacial score (nSPS) is 10.3. The first kappa shape index (κ1) is 15.0. The van der Waals surface area contributed by atoms with Crippen LogP contribution < -0.4 is 9.88 Å². The number of phenolic OH excluding ortho intramolecular Hbond substituents is 1. The molecule has 4 nitrogen and oxygen atoms in total. The van der Waals surface area contributed by atoms with Gasteiger partial charge in [-0.25, -0.2) is 4.57 Å². The zero-order valence-electron chi connectivity index (χ0n) is 12.2. The van der Waals surface area contributed by atoms with Gasteiger partial charge < -0.3 is 10.4 Å². The molecule has 1 heterocycles. The first-order chi connectivity index (χ1) is 10.1. The summed E-state index contributed by atoms with van der Waals surface area (Å²) >= 11 is 0. The van der Waals surface area contributed by atoms with Crippen molar-refractivity contribution in [2.75, 3.05) is 5.32 Å². The summed E-state index contributed by atoms with van der Waals surface area (Å²) in [5.74, 6) is 0.229. The van der Waals surface area contributed by atoms with Gasteiger partial charge in [0.2, 0.25) is 5.91 Å². The average Bonchev–Trinajstić information content (AvgIpc) is 2.48. The largest absolute Gasteiger partial charge is 0.508 e. The summed E-state index contributed by atoms with van der Waals surface area (Å²) < 4.78 is 2.11. The van der Waals surface area contributed by atoms with Crippen molar-refractivity contribution in [2.45, 2.75) is 32.7 Å². The van der Waals surface area contributed by atoms with Crippen LogP contribution in [0.15, 0.2) is 48.8 Å². The minimum Gasteiger partial charge on any atom is -0.508 e. The molecule has 0 bridgehead atoms. The molecule has 0 spiro atoms. The summed E-state index contributed by atoms with van der Waals surface area (Å²) in [5, 5.41) is 12.2. The molecule has 1 aromatic heterocycles. The van der Waals surface area contributed by atoms with Gasteiger partial charge in [0.1, 0.15) is 12.3 Å². The molecule has 0 aliphatic carbocycles. The maximum absolute atomic E-state index is 11.9. The average molecular weight is 285 g/mol. The molecule has 1 amide bonds. The van der Waals surface area contributed by atoms with Crippen molar-refractivity contribution < 1.29 is 14.5 Å². The van der Waals surface area contributed by atoms with Crippen LogP contribution in [0.25, 0.3) is 0 Å². The number of unbranched alkanes of at least 4 members (excludes halogenated alkanes) is 1. The second kappa shape index (κ2) is 7.43. The predicted molar refractivity (Wildman–Crippen MR) is 82.0 cm³/mol. The zero-order chi connectivity index (χ0) is 15.1. The van der Waals surface area contributed by atoms with Crippen molar-refractivity contribution in [2.24, 2.45) is 0 Å². The number of pyridine rings is 1. The highest BCUT2D eigenvalue weighted by atomic mass is 16.3. The molecule has 0 atom stereocenters. The molecular formula is C17H21N2O2+. The second-order valence-corrected chi connectivity index (χ2v) is 5.12. The third kappa shape index (κ3) is 4.91. The minimum absolute atomic E-state index is 0.0156. The molecule has 0 aliphatic heterocycles. The van der Waals surface area contributed by atoms with Crippen LogP contribution in [0.3, 0.4) is 0 Å². The number of carbonyl (C=O) groups excluding carboxylic acids is 1. The highest BCUT2D eigenvalue weighted by Crippen LogP contribution is 2.20. The molecule has 1 aromatic carbocycles. The third-order valence-electron chi connectivity index (χ3n) is 3.33. The molecule has 0 fully saturated rings. The van der Waals surface area contributed by atoms with E-state index in [0.717, 1.165) is 30.6 Å². The number of aromatic hydroxyl groups is 1. The SMILES string of the molecule is Cc1cc(O)ccc1NC(=O)CCCC[n+]1ccccc1. The summed E-state index contributed by atoms with van der Waals surface area (Å²) in [6, 6.07) is 10.9. The molecule has 0 aliphatic rings. The van der Waals surface area contributed by atoms with Gasteiger partial charge in [0.05, 0.1) is 0 Å². The van der Waals surface area contributed by atoms with E-state index in [2.05, 4.69) is 9.88 Å². The van der Waals surface area contributed by atoms with E-state index in [4.69, 9.17) is 0 Å². The van der Waals surface area contributed by atoms with Crippen molar-refractivity contribution >= 4 is 11.6 Å². The van der Waals surface area contributed by atoms with Crippen LogP contribution in [0.4, 0.5) is 5.69 Å². The standard InChI is InChI=1S/C17H20N2O2/c1-14-13-15(20)8-9-16(14)18-17(21)7-3-6-12-19-10-4-2-5-11-19/h2,4-5,8-11,13H,3,6-7,12H2,1H3,(H-,18,20,21)/p+1. The van der Waals surface area contributed by atoms with Crippen molar-refractivity contribution in [3.63, 3.8) is 0 Å². The summed E-state index contributed by atoms with van der Waals surface area (Å²) in [7, 11) is 0. The van der Waals surface area contributed by atoms with Crippen molar-refractivity contribution in [3.8, 4) is 5.75 Å². The topological polar surface area (TPSA) is 53.2 Å². The summed E-state index contributed by atoms with van der Waals surface area (Å²) in [6.45, 7) is 2.79. The van der Waals surface area contributed by atoms with Gasteiger partial charge in [0.25, 0.3) is 0 Å². The van der Waals surface area contributed by atoms with Crippen LogP contribution in [-0.2, 0) is 11.3 Å². The molecular weight excluding hydrogens is 264 g/mol. The smallest absolute Gasteiger partial charge is 0.224 e. The van der Waals surface area contributed by atoms with Gasteiger partial charge in [-0.3, -0.25) is 4.79 Å². The van der Waals surface area contributed by atoms with Crippen molar-refractivity contribution in [1.29, 1.82) is 0 Å². The summed E-state index contributed by atoms with van der Waals surface area (Å²) in [5.41, 5.74) is 1.62. The Morgan fingerprint density at radius 3 is 2.67 bits per heavy atom. The highest BCUT2D eigenvalue weighted by Gasteiger charge is 2.06. The van der Waals surface area contributed by atoms with Gasteiger partial charge in [-0.1, -0.05) is 6.07 Å². The first-order valence-corrected chi connectivity index (χ1v) is 7.19. The fourth-order valence-corrected chi connectivity index (χ4v) is 2.16. The lowest BCUT2D eigenvalue weighted by Gasteiger charge is -2.08. The van der Waals surface area contributed by atoms with E-state index in [0.29, 0.717) is 6.42 Å². The minimum atomic E-state index is 0.0156. The number of anilines is 1. The fourth-order valence-electron chi connectivity index (χ4n) is 2.16. The van der Waals surface area contributed by atoms with E-state index in [1.54, 1.807) is 18.2 Å². The molecule has 2 rings (SSSR count). The Morgan fingerprint density at radius 2 is 1.95 bits per heavy atom. The quantitative estimate of drug-likeness (QED) is 0.487. The number of aromatic nitrogens is 1. The van der Waals surface area contributed by atoms with Gasteiger partial charge in [-0.2, -0.15) is 0 Å². The Morgan fingerprint density at radius 1 is 1.19 bits per heavy atom. The van der Waals surface area contributed by atoms with Gasteiger partial charge in [-0.15, -0.1) is 0 Å². The fraction of sp³-hybridized carbons (Fsp3) is 0.294. The Balaban J connectivity index is 1.72. The lowest BCUT2D eigenvalue weighted by molar-refractivity contribution is -0.697. The first-order valence-electron chi connectivity index (χ1n) is 7.19. The van der Waals surface area contributed by atoms with Gasteiger partial charge in [0.15, 0.2) is 12.4 Å². The lowest BCUT2D eigenvalue weighted by Crippen LogP contribution is -2.32. The number of nitrogens with zero attached hydrogens (tertiary/aromatic N) is 1. The molecule has 2 N–H and O–H groups in total. The summed E-state index contributed by atoms with van der Waals surface area (Å²) in [4.78, 5) is 11.9. The zero-order valence-corrected chi connectivity index (χ0v) is 12.2. The van der Waals surface area contributed by atoms with Crippen LogP contribution in [0.5, 0.6) is 5.75 Å². The van der Waals surface area contributed by atoms with E-state index < -0.39 is 0 Å². The molecule has 21 heavy (non-hydrogen) atoms. The van der Waals surface area contributed by atoms with Crippen LogP contribution in [0.2, 0.25) is 0 Å². The highest BCUT2D eigenvalue weighted by molar-refractivity contribution is 5.91. The Kier molecular flexibility index (Phi) is 5.32. The second-order valence-electron chi connectivity index (χ2n) is 5.12. The van der Waals surface area contributed by atoms with Crippen LogP contribution in [0.1, 0.15) is 24.8 Å². The van der Waals surface area contributed by atoms with Crippen LogP contribution >= 0.6 is 0 Å². The number of benzene rings is 1. The lowest BCUT2D eigenvalue weighted by atomic mass is 10.1. The number of carbonyl (C=O) groups is 1. The number of hydrogen-bond donors (Lipinski definition) is 2. The Labute approximate surface area is 125 Å². The van der Waals surface area contributed by atoms with E-state index in [9.17, 15) is 9.90 Å². The number of hydrogen-bond acceptors (Lipinski definition) is 2. The number of amides is 1. The number of aryl methyl sites for hydroxylation is 2. The van der Waals surface area contributed by atoms with Crippen molar-refractivity contribution in [3.05, 3.63) is 54.4 Å². The Bertz CT molecular complexity index is 597. The molecule has 0 saturated carbocycles. The number of nitrogens with one attached hydrogen (secondary N) is 1. The van der Waals surface area contributed by atoms with Gasteiger partial charge >= 0.3 is 0 Å².